The number of alkyl halides is 2. The molecule has 1 fully saturated rings. The number of nitrogens with one attached hydrogen (secondary N) is 1. The second-order valence-electron chi connectivity index (χ2n) is 6.30. The first kappa shape index (κ1) is 20.8. The number of fused-ring (bicyclic) bond motifs is 2. The fourth-order valence-electron chi connectivity index (χ4n) is 3.80. The molecule has 26 heavy (non-hydrogen) atoms. The van der Waals surface area contributed by atoms with Gasteiger partial charge in [-0.05, 0) is 33.2 Å². The van der Waals surface area contributed by atoms with Crippen LogP contribution in [-0.2, 0) is 0 Å². The smallest absolute Gasteiger partial charge is 0.258 e. The summed E-state index contributed by atoms with van der Waals surface area (Å²) in [5.74, 6) is 0. The molecule has 1 aliphatic heterocycles. The molecular weight excluding hydrogens is 377 g/mol. The van der Waals surface area contributed by atoms with E-state index in [2.05, 4.69) is 11.4 Å². The Labute approximate surface area is 164 Å². The van der Waals surface area contributed by atoms with E-state index in [-0.39, 0.29) is 24.8 Å². The van der Waals surface area contributed by atoms with Crippen LogP contribution in [0.3, 0.4) is 0 Å². The van der Waals surface area contributed by atoms with Crippen molar-refractivity contribution in [3.8, 4) is 0 Å². The molecule has 3 aromatic carbocycles. The molecular formula is C20H22Cl2F2N2. The summed E-state index contributed by atoms with van der Waals surface area (Å²) in [6, 6.07) is 17.0. The minimum Gasteiger partial charge on any atom is -0.314 e. The lowest BCUT2D eigenvalue weighted by atomic mass is 9.91. The van der Waals surface area contributed by atoms with Gasteiger partial charge in [-0.25, -0.2) is 8.78 Å². The van der Waals surface area contributed by atoms with E-state index in [1.807, 2.05) is 53.4 Å². The summed E-state index contributed by atoms with van der Waals surface area (Å²) in [7, 11) is 0. The lowest BCUT2D eigenvalue weighted by molar-refractivity contribution is 0.0196. The molecule has 4 rings (SSSR count). The number of rotatable bonds is 3. The maximum absolute atomic E-state index is 14.2. The van der Waals surface area contributed by atoms with Crippen LogP contribution in [0.4, 0.5) is 8.78 Å². The summed E-state index contributed by atoms with van der Waals surface area (Å²) < 4.78 is 28.3. The highest BCUT2D eigenvalue weighted by atomic mass is 35.5. The van der Waals surface area contributed by atoms with Crippen LogP contribution in [0.15, 0.2) is 54.6 Å². The number of benzene rings is 3. The number of hydrogen-bond acceptors (Lipinski definition) is 2. The van der Waals surface area contributed by atoms with Gasteiger partial charge < -0.3 is 5.32 Å². The summed E-state index contributed by atoms with van der Waals surface area (Å²) in [4.78, 5) is 1.93. The summed E-state index contributed by atoms with van der Waals surface area (Å²) in [5.41, 5.74) is 0.764. The molecule has 1 atom stereocenters. The van der Waals surface area contributed by atoms with Crippen molar-refractivity contribution in [1.29, 1.82) is 0 Å². The Kier molecular flexibility index (Phi) is 7.18. The second kappa shape index (κ2) is 8.96. The van der Waals surface area contributed by atoms with Crippen LogP contribution in [0.5, 0.6) is 0 Å². The molecule has 0 bridgehead atoms. The molecule has 0 amide bonds. The first-order chi connectivity index (χ1) is 11.8. The van der Waals surface area contributed by atoms with Gasteiger partial charge in [-0.2, -0.15) is 0 Å². The number of halogens is 4. The SMILES string of the molecule is Cl.Cl.FC(F)[C@H](c1c2ccccc2cc2ccccc12)N1CCNCC1. The molecule has 0 aliphatic carbocycles. The van der Waals surface area contributed by atoms with Crippen molar-refractivity contribution >= 4 is 46.4 Å². The highest BCUT2D eigenvalue weighted by Gasteiger charge is 2.32. The Bertz CT molecular complexity index is 813. The Morgan fingerprint density at radius 2 is 1.31 bits per heavy atom. The van der Waals surface area contributed by atoms with Gasteiger partial charge in [0.2, 0.25) is 0 Å². The minimum absolute atomic E-state index is 0. The summed E-state index contributed by atoms with van der Waals surface area (Å²) in [6.45, 7) is 2.80. The van der Waals surface area contributed by atoms with Gasteiger partial charge in [-0.3, -0.25) is 4.90 Å². The van der Waals surface area contributed by atoms with Crippen LogP contribution in [0.1, 0.15) is 11.6 Å². The fraction of sp³-hybridized carbons (Fsp3) is 0.300. The molecule has 2 nitrogen and oxygen atoms in total. The predicted molar refractivity (Wildman–Crippen MR) is 109 cm³/mol. The molecule has 0 unspecified atom stereocenters. The van der Waals surface area contributed by atoms with Crippen LogP contribution in [0.25, 0.3) is 21.5 Å². The molecule has 3 aromatic rings. The van der Waals surface area contributed by atoms with Gasteiger partial charge in [0.1, 0.15) is 0 Å². The van der Waals surface area contributed by atoms with Gasteiger partial charge in [0, 0.05) is 26.2 Å². The van der Waals surface area contributed by atoms with Crippen molar-refractivity contribution in [2.24, 2.45) is 0 Å². The average molecular weight is 399 g/mol. The Hall–Kier alpha value is -1.46. The van der Waals surface area contributed by atoms with Gasteiger partial charge in [0.05, 0.1) is 6.04 Å². The number of piperazine rings is 1. The van der Waals surface area contributed by atoms with Crippen LogP contribution in [-0.4, -0.2) is 37.5 Å². The van der Waals surface area contributed by atoms with Gasteiger partial charge in [0.25, 0.3) is 6.43 Å². The quantitative estimate of drug-likeness (QED) is 0.621. The number of nitrogens with zero attached hydrogens (tertiary/aromatic N) is 1. The third kappa shape index (κ3) is 3.79. The molecule has 0 radical (unpaired) electrons. The van der Waals surface area contributed by atoms with E-state index in [9.17, 15) is 8.78 Å². The van der Waals surface area contributed by atoms with Gasteiger partial charge >= 0.3 is 0 Å². The molecule has 0 saturated carbocycles. The Morgan fingerprint density at radius 3 is 1.81 bits per heavy atom. The van der Waals surface area contributed by atoms with E-state index < -0.39 is 12.5 Å². The monoisotopic (exact) mass is 398 g/mol. The van der Waals surface area contributed by atoms with E-state index in [0.717, 1.165) is 40.2 Å². The van der Waals surface area contributed by atoms with E-state index in [4.69, 9.17) is 0 Å². The lowest BCUT2D eigenvalue weighted by Gasteiger charge is -2.35. The molecule has 0 aromatic heterocycles. The zero-order chi connectivity index (χ0) is 16.5. The molecule has 1 aliphatic rings. The lowest BCUT2D eigenvalue weighted by Crippen LogP contribution is -2.47. The highest BCUT2D eigenvalue weighted by molar-refractivity contribution is 6.02. The van der Waals surface area contributed by atoms with Gasteiger partial charge in [-0.1, -0.05) is 48.5 Å². The van der Waals surface area contributed by atoms with E-state index in [1.165, 1.54) is 0 Å². The first-order valence-corrected chi connectivity index (χ1v) is 8.39. The van der Waals surface area contributed by atoms with Crippen molar-refractivity contribution in [3.05, 3.63) is 60.2 Å². The van der Waals surface area contributed by atoms with Crippen molar-refractivity contribution in [2.45, 2.75) is 12.5 Å². The summed E-state index contributed by atoms with van der Waals surface area (Å²) >= 11 is 0. The summed E-state index contributed by atoms with van der Waals surface area (Å²) in [5, 5.41) is 7.15. The van der Waals surface area contributed by atoms with Crippen molar-refractivity contribution in [1.82, 2.24) is 10.2 Å². The predicted octanol–water partition coefficient (Wildman–Crippen LogP) is 5.05. The topological polar surface area (TPSA) is 15.3 Å². The molecule has 1 saturated heterocycles. The van der Waals surface area contributed by atoms with Gasteiger partial charge in [-0.15, -0.1) is 24.8 Å². The minimum atomic E-state index is -2.42. The molecule has 1 heterocycles. The maximum atomic E-state index is 14.2. The van der Waals surface area contributed by atoms with E-state index >= 15 is 0 Å². The fourth-order valence-corrected chi connectivity index (χ4v) is 3.80. The Balaban J connectivity index is 0.00000121. The van der Waals surface area contributed by atoms with E-state index in [0.29, 0.717) is 13.1 Å². The van der Waals surface area contributed by atoms with Crippen LogP contribution < -0.4 is 5.32 Å². The first-order valence-electron chi connectivity index (χ1n) is 8.39. The van der Waals surface area contributed by atoms with Crippen LogP contribution in [0.2, 0.25) is 0 Å². The van der Waals surface area contributed by atoms with Crippen LogP contribution in [0, 0.1) is 0 Å². The molecule has 6 heteroatoms. The highest BCUT2D eigenvalue weighted by Crippen LogP contribution is 2.38. The third-order valence-electron chi connectivity index (χ3n) is 4.89. The summed E-state index contributed by atoms with van der Waals surface area (Å²) in [6.07, 6.45) is -2.42. The third-order valence-corrected chi connectivity index (χ3v) is 4.89. The van der Waals surface area contributed by atoms with Gasteiger partial charge in [0.15, 0.2) is 0 Å². The van der Waals surface area contributed by atoms with Crippen molar-refractivity contribution in [2.75, 3.05) is 26.2 Å². The maximum Gasteiger partial charge on any atom is 0.258 e. The zero-order valence-electron chi connectivity index (χ0n) is 14.2. The van der Waals surface area contributed by atoms with E-state index in [1.54, 1.807) is 0 Å². The van der Waals surface area contributed by atoms with Crippen molar-refractivity contribution in [3.63, 3.8) is 0 Å². The normalized spacial score (nSPS) is 16.3. The zero-order valence-corrected chi connectivity index (χ0v) is 15.8. The molecule has 140 valence electrons. The molecule has 1 N–H and O–H groups in total. The largest absolute Gasteiger partial charge is 0.314 e. The van der Waals surface area contributed by atoms with Crippen LogP contribution >= 0.6 is 24.8 Å². The average Bonchev–Trinajstić information content (AvgIpc) is 2.62. The Morgan fingerprint density at radius 1 is 0.808 bits per heavy atom. The number of hydrogen-bond donors (Lipinski definition) is 1. The second-order valence-corrected chi connectivity index (χ2v) is 6.30. The standard InChI is InChI=1S/C20H20F2N2.2ClH/c21-20(22)19(24-11-9-23-10-12-24)18-16-7-3-1-5-14(16)13-15-6-2-4-8-17(15)18;;/h1-8,13,19-20,23H,9-12H2;2*1H/t19-;;/m0../s1. The molecule has 0 spiro atoms. The van der Waals surface area contributed by atoms with Crippen molar-refractivity contribution < 1.29 is 8.78 Å².